The van der Waals surface area contributed by atoms with Crippen molar-refractivity contribution in [1.82, 2.24) is 4.90 Å². The van der Waals surface area contributed by atoms with Crippen molar-refractivity contribution in [3.8, 4) is 0 Å². The molecular weight excluding hydrogens is 278 g/mol. The molecule has 2 nitrogen and oxygen atoms in total. The Morgan fingerprint density at radius 1 is 1.38 bits per heavy atom. The maximum Gasteiger partial charge on any atom is 0.137 e. The van der Waals surface area contributed by atoms with Crippen LogP contribution in [0.1, 0.15) is 44.9 Å². The molecule has 1 aliphatic carbocycles. The van der Waals surface area contributed by atoms with Gasteiger partial charge in [-0.15, -0.1) is 11.3 Å². The number of hydrogen-bond donors (Lipinski definition) is 0. The van der Waals surface area contributed by atoms with Gasteiger partial charge >= 0.3 is 0 Å². The minimum absolute atomic E-state index is 0.247. The molecule has 0 aromatic carbocycles. The summed E-state index contributed by atoms with van der Waals surface area (Å²) in [6.07, 6.45) is 4.03. The number of thiophene rings is 1. The predicted octanol–water partition coefficient (Wildman–Crippen LogP) is 4.25. The normalized spacial score (nSPS) is 23.8. The summed E-state index contributed by atoms with van der Waals surface area (Å²) < 4.78 is 0. The van der Waals surface area contributed by atoms with Gasteiger partial charge in [-0.05, 0) is 49.1 Å². The van der Waals surface area contributed by atoms with Crippen molar-refractivity contribution in [2.75, 3.05) is 20.1 Å². The molecule has 1 aromatic rings. The Morgan fingerprint density at radius 3 is 2.76 bits per heavy atom. The van der Waals surface area contributed by atoms with E-state index < -0.39 is 0 Å². The standard InChI is InChI=1S/C18H29NOS/c1-18(2,3)15-7-8-17(20)14(12-15)13-19(4)10-9-16-6-5-11-21-16/h5-6,11,14-15H,7-10,12-13H2,1-4H3. The molecule has 1 aliphatic rings. The summed E-state index contributed by atoms with van der Waals surface area (Å²) in [7, 11) is 2.15. The molecule has 118 valence electrons. The van der Waals surface area contributed by atoms with Gasteiger partial charge in [0, 0.05) is 30.3 Å². The molecule has 3 heteroatoms. The second-order valence-electron chi connectivity index (χ2n) is 7.59. The molecule has 0 aliphatic heterocycles. The summed E-state index contributed by atoms with van der Waals surface area (Å²) in [6, 6.07) is 4.30. The molecule has 2 atom stereocenters. The quantitative estimate of drug-likeness (QED) is 0.810. The topological polar surface area (TPSA) is 20.3 Å². The van der Waals surface area contributed by atoms with Crippen molar-refractivity contribution in [1.29, 1.82) is 0 Å². The van der Waals surface area contributed by atoms with Gasteiger partial charge in [0.25, 0.3) is 0 Å². The van der Waals surface area contributed by atoms with Crippen LogP contribution in [0.25, 0.3) is 0 Å². The molecule has 1 saturated carbocycles. The molecule has 1 heterocycles. The largest absolute Gasteiger partial charge is 0.305 e. The predicted molar refractivity (Wildman–Crippen MR) is 90.8 cm³/mol. The Bertz CT molecular complexity index is 446. The summed E-state index contributed by atoms with van der Waals surface area (Å²) in [6.45, 7) is 8.91. The van der Waals surface area contributed by atoms with E-state index in [1.807, 2.05) is 11.3 Å². The van der Waals surface area contributed by atoms with E-state index in [2.05, 4.69) is 50.2 Å². The highest BCUT2D eigenvalue weighted by Crippen LogP contribution is 2.39. The van der Waals surface area contributed by atoms with Gasteiger partial charge in [-0.3, -0.25) is 4.79 Å². The molecule has 0 amide bonds. The minimum Gasteiger partial charge on any atom is -0.305 e. The lowest BCUT2D eigenvalue weighted by atomic mass is 9.68. The molecule has 1 fully saturated rings. The van der Waals surface area contributed by atoms with E-state index in [9.17, 15) is 4.79 Å². The van der Waals surface area contributed by atoms with Gasteiger partial charge in [-0.25, -0.2) is 0 Å². The molecule has 21 heavy (non-hydrogen) atoms. The Balaban J connectivity index is 1.83. The Kier molecular flexibility index (Phi) is 5.61. The SMILES string of the molecule is CN(CCc1cccs1)CC1CC(C(C)(C)C)CCC1=O. The van der Waals surface area contributed by atoms with Crippen molar-refractivity contribution in [2.45, 2.75) is 46.5 Å². The summed E-state index contributed by atoms with van der Waals surface area (Å²) in [5, 5.41) is 2.13. The van der Waals surface area contributed by atoms with Gasteiger partial charge in [-0.1, -0.05) is 26.8 Å². The number of hydrogen-bond acceptors (Lipinski definition) is 3. The van der Waals surface area contributed by atoms with E-state index in [0.29, 0.717) is 17.1 Å². The lowest BCUT2D eigenvalue weighted by molar-refractivity contribution is -0.127. The Morgan fingerprint density at radius 2 is 2.14 bits per heavy atom. The number of nitrogens with zero attached hydrogens (tertiary/aromatic N) is 1. The van der Waals surface area contributed by atoms with Gasteiger partial charge in [0.05, 0.1) is 0 Å². The number of ketones is 1. The maximum absolute atomic E-state index is 12.2. The van der Waals surface area contributed by atoms with Crippen molar-refractivity contribution in [2.24, 2.45) is 17.3 Å². The van der Waals surface area contributed by atoms with Gasteiger partial charge in [-0.2, -0.15) is 0 Å². The van der Waals surface area contributed by atoms with E-state index in [0.717, 1.165) is 38.8 Å². The zero-order chi connectivity index (χ0) is 15.5. The second-order valence-corrected chi connectivity index (χ2v) is 8.62. The molecule has 2 unspecified atom stereocenters. The van der Waals surface area contributed by atoms with E-state index in [4.69, 9.17) is 0 Å². The van der Waals surface area contributed by atoms with Gasteiger partial charge in [0.15, 0.2) is 0 Å². The molecule has 1 aromatic heterocycles. The van der Waals surface area contributed by atoms with Crippen molar-refractivity contribution in [3.05, 3.63) is 22.4 Å². The third-order valence-corrected chi connectivity index (χ3v) is 5.78. The van der Waals surface area contributed by atoms with E-state index in [1.54, 1.807) is 0 Å². The van der Waals surface area contributed by atoms with E-state index in [1.165, 1.54) is 4.88 Å². The number of likely N-dealkylation sites (N-methyl/N-ethyl adjacent to an activating group) is 1. The fraction of sp³-hybridized carbons (Fsp3) is 0.722. The zero-order valence-corrected chi connectivity index (χ0v) is 14.7. The fourth-order valence-electron chi connectivity index (χ4n) is 3.30. The molecule has 0 saturated heterocycles. The van der Waals surface area contributed by atoms with Crippen LogP contribution in [0.2, 0.25) is 0 Å². The Labute approximate surface area is 133 Å². The number of carbonyl (C=O) groups excluding carboxylic acids is 1. The maximum atomic E-state index is 12.2. The molecule has 0 radical (unpaired) electrons. The van der Waals surface area contributed by atoms with E-state index >= 15 is 0 Å². The van der Waals surface area contributed by atoms with Crippen LogP contribution in [-0.4, -0.2) is 30.8 Å². The molecule has 0 spiro atoms. The first-order valence-corrected chi connectivity index (χ1v) is 8.98. The first-order chi connectivity index (χ1) is 9.86. The van der Waals surface area contributed by atoms with Gasteiger partial charge in [0.1, 0.15) is 5.78 Å². The highest BCUT2D eigenvalue weighted by molar-refractivity contribution is 7.09. The van der Waals surface area contributed by atoms with Crippen LogP contribution in [0.5, 0.6) is 0 Å². The first kappa shape index (κ1) is 16.7. The third kappa shape index (κ3) is 4.93. The third-order valence-electron chi connectivity index (χ3n) is 4.84. The number of rotatable bonds is 5. The minimum atomic E-state index is 0.247. The fourth-order valence-corrected chi connectivity index (χ4v) is 4.00. The van der Waals surface area contributed by atoms with Crippen LogP contribution in [0, 0.1) is 17.3 Å². The highest BCUT2D eigenvalue weighted by atomic mass is 32.1. The molecule has 0 bridgehead atoms. The summed E-state index contributed by atoms with van der Waals surface area (Å²) in [5.41, 5.74) is 0.328. The number of carbonyl (C=O) groups is 1. The molecule has 2 rings (SSSR count). The van der Waals surface area contributed by atoms with Crippen LogP contribution < -0.4 is 0 Å². The van der Waals surface area contributed by atoms with Crippen LogP contribution in [0.15, 0.2) is 17.5 Å². The summed E-state index contributed by atoms with van der Waals surface area (Å²) in [5.74, 6) is 1.42. The van der Waals surface area contributed by atoms with Crippen LogP contribution in [0.3, 0.4) is 0 Å². The zero-order valence-electron chi connectivity index (χ0n) is 13.9. The Hall–Kier alpha value is -0.670. The second kappa shape index (κ2) is 7.06. The average molecular weight is 308 g/mol. The molecular formula is C18H29NOS. The lowest BCUT2D eigenvalue weighted by Crippen LogP contribution is -2.38. The van der Waals surface area contributed by atoms with Crippen LogP contribution in [0.4, 0.5) is 0 Å². The first-order valence-electron chi connectivity index (χ1n) is 8.10. The van der Waals surface area contributed by atoms with E-state index in [-0.39, 0.29) is 5.92 Å². The summed E-state index contributed by atoms with van der Waals surface area (Å²) >= 11 is 1.82. The average Bonchev–Trinajstić information content (AvgIpc) is 2.91. The van der Waals surface area contributed by atoms with Crippen molar-refractivity contribution < 1.29 is 4.79 Å². The van der Waals surface area contributed by atoms with Crippen LogP contribution in [-0.2, 0) is 11.2 Å². The van der Waals surface area contributed by atoms with Crippen LogP contribution >= 0.6 is 11.3 Å². The monoisotopic (exact) mass is 307 g/mol. The van der Waals surface area contributed by atoms with Crippen molar-refractivity contribution >= 4 is 17.1 Å². The highest BCUT2D eigenvalue weighted by Gasteiger charge is 2.35. The van der Waals surface area contributed by atoms with Crippen molar-refractivity contribution in [3.63, 3.8) is 0 Å². The summed E-state index contributed by atoms with van der Waals surface area (Å²) in [4.78, 5) is 16.0. The lowest BCUT2D eigenvalue weighted by Gasteiger charge is -2.38. The molecule has 0 N–H and O–H groups in total. The number of Topliss-reactive ketones (excluding diaryl/α,β-unsaturated/α-hetero) is 1. The van der Waals surface area contributed by atoms with Gasteiger partial charge < -0.3 is 4.90 Å². The smallest absolute Gasteiger partial charge is 0.137 e. The van der Waals surface area contributed by atoms with Gasteiger partial charge in [0.2, 0.25) is 0 Å².